The van der Waals surface area contributed by atoms with Crippen LogP contribution in [0.15, 0.2) is 0 Å². The highest BCUT2D eigenvalue weighted by molar-refractivity contribution is 5.75. The molecule has 0 heterocycles. The monoisotopic (exact) mass is 357 g/mol. The second-order valence-corrected chi connectivity index (χ2v) is 7.50. The van der Waals surface area contributed by atoms with Gasteiger partial charge in [0.25, 0.3) is 0 Å². The minimum Gasteiger partial charge on any atom is -0.444 e. The predicted octanol–water partition coefficient (Wildman–Crippen LogP) is 3.49. The van der Waals surface area contributed by atoms with Crippen LogP contribution in [0.3, 0.4) is 0 Å². The third-order valence-electron chi connectivity index (χ3n) is 3.70. The number of nitrogens with two attached hydrogens (primary N) is 1. The Balaban J connectivity index is 3.34. The molecule has 0 rings (SSSR count). The van der Waals surface area contributed by atoms with Crippen molar-refractivity contribution in [2.45, 2.75) is 90.6 Å². The smallest absolute Gasteiger partial charge is 0.407 e. The van der Waals surface area contributed by atoms with Crippen LogP contribution in [0.5, 0.6) is 0 Å². The Hall–Kier alpha value is -1.30. The van der Waals surface area contributed by atoms with E-state index in [9.17, 15) is 9.59 Å². The van der Waals surface area contributed by atoms with Gasteiger partial charge < -0.3 is 21.1 Å². The van der Waals surface area contributed by atoms with Gasteiger partial charge in [0.1, 0.15) is 5.60 Å². The molecule has 0 fully saturated rings. The third-order valence-corrected chi connectivity index (χ3v) is 3.70. The van der Waals surface area contributed by atoms with Crippen molar-refractivity contribution < 1.29 is 14.3 Å². The fourth-order valence-electron chi connectivity index (χ4n) is 2.38. The van der Waals surface area contributed by atoms with E-state index in [1.807, 2.05) is 20.8 Å². The minimum atomic E-state index is -0.466. The van der Waals surface area contributed by atoms with E-state index >= 15 is 0 Å². The SMILES string of the molecule is CC(C)(C)OC(=O)NCCCCCC(=O)NCCCCCCCCN. The Morgan fingerprint density at radius 1 is 0.800 bits per heavy atom. The van der Waals surface area contributed by atoms with Gasteiger partial charge in [-0.15, -0.1) is 0 Å². The van der Waals surface area contributed by atoms with E-state index in [1.54, 1.807) is 0 Å². The van der Waals surface area contributed by atoms with Crippen LogP contribution in [-0.2, 0) is 9.53 Å². The van der Waals surface area contributed by atoms with Crippen LogP contribution in [0.2, 0.25) is 0 Å². The first-order chi connectivity index (χ1) is 11.8. The second-order valence-electron chi connectivity index (χ2n) is 7.50. The molecule has 0 bridgehead atoms. The Bertz CT molecular complexity index is 354. The van der Waals surface area contributed by atoms with Gasteiger partial charge in [0.15, 0.2) is 0 Å². The summed E-state index contributed by atoms with van der Waals surface area (Å²) in [5.74, 6) is 0.128. The molecule has 0 saturated heterocycles. The van der Waals surface area contributed by atoms with E-state index in [0.29, 0.717) is 13.0 Å². The van der Waals surface area contributed by atoms with Crippen LogP contribution in [0, 0.1) is 0 Å². The average Bonchev–Trinajstić information content (AvgIpc) is 2.51. The molecule has 0 aromatic carbocycles. The van der Waals surface area contributed by atoms with E-state index in [2.05, 4.69) is 10.6 Å². The average molecular weight is 358 g/mol. The molecule has 6 nitrogen and oxygen atoms in total. The number of hydrogen-bond donors (Lipinski definition) is 3. The number of amides is 2. The third kappa shape index (κ3) is 18.9. The highest BCUT2D eigenvalue weighted by Gasteiger charge is 2.15. The minimum absolute atomic E-state index is 0.128. The predicted molar refractivity (Wildman–Crippen MR) is 102 cm³/mol. The van der Waals surface area contributed by atoms with E-state index in [1.165, 1.54) is 25.7 Å². The summed E-state index contributed by atoms with van der Waals surface area (Å²) < 4.78 is 5.15. The maximum absolute atomic E-state index is 11.7. The van der Waals surface area contributed by atoms with Crippen LogP contribution in [-0.4, -0.2) is 37.2 Å². The number of carbonyl (C=O) groups is 2. The second kappa shape index (κ2) is 15.0. The summed E-state index contributed by atoms with van der Waals surface area (Å²) in [6.45, 7) is 7.66. The highest BCUT2D eigenvalue weighted by atomic mass is 16.6. The van der Waals surface area contributed by atoms with Gasteiger partial charge in [-0.25, -0.2) is 4.79 Å². The van der Waals surface area contributed by atoms with Crippen molar-refractivity contribution in [3.05, 3.63) is 0 Å². The molecule has 4 N–H and O–H groups in total. The summed E-state index contributed by atoms with van der Waals surface area (Å²) in [7, 11) is 0. The van der Waals surface area contributed by atoms with Crippen molar-refractivity contribution in [3.8, 4) is 0 Å². The van der Waals surface area contributed by atoms with Crippen LogP contribution < -0.4 is 16.4 Å². The molecule has 0 aliphatic heterocycles. The molecule has 0 unspecified atom stereocenters. The van der Waals surface area contributed by atoms with Gasteiger partial charge in [-0.2, -0.15) is 0 Å². The summed E-state index contributed by atoms with van der Waals surface area (Å²) in [4.78, 5) is 23.1. The molecule has 0 aliphatic carbocycles. The molecular formula is C19H39N3O3. The van der Waals surface area contributed by atoms with Crippen LogP contribution in [0.25, 0.3) is 0 Å². The van der Waals surface area contributed by atoms with Crippen LogP contribution >= 0.6 is 0 Å². The highest BCUT2D eigenvalue weighted by Crippen LogP contribution is 2.07. The van der Waals surface area contributed by atoms with Crippen LogP contribution in [0.1, 0.15) is 85.0 Å². The van der Waals surface area contributed by atoms with Gasteiger partial charge in [0.2, 0.25) is 5.91 Å². The zero-order chi connectivity index (χ0) is 19.0. The van der Waals surface area contributed by atoms with Gasteiger partial charge in [-0.1, -0.05) is 32.1 Å². The largest absolute Gasteiger partial charge is 0.444 e. The number of rotatable bonds is 14. The Labute approximate surface area is 153 Å². The van der Waals surface area contributed by atoms with E-state index in [4.69, 9.17) is 10.5 Å². The standard InChI is InChI=1S/C19H39N3O3/c1-19(2,3)25-18(24)22-16-12-8-9-13-17(23)21-15-11-7-5-4-6-10-14-20/h4-16,20H2,1-3H3,(H,21,23)(H,22,24). The quantitative estimate of drug-likeness (QED) is 0.415. The van der Waals surface area contributed by atoms with Crippen molar-refractivity contribution in [1.29, 1.82) is 0 Å². The summed E-state index contributed by atoms with van der Waals surface area (Å²) in [5.41, 5.74) is 4.99. The zero-order valence-corrected chi connectivity index (χ0v) is 16.5. The first kappa shape index (κ1) is 23.7. The summed E-state index contributed by atoms with van der Waals surface area (Å²) in [5, 5.41) is 5.70. The number of alkyl carbamates (subject to hydrolysis) is 1. The van der Waals surface area contributed by atoms with Crippen molar-refractivity contribution in [3.63, 3.8) is 0 Å². The first-order valence-electron chi connectivity index (χ1n) is 9.79. The lowest BCUT2D eigenvalue weighted by Gasteiger charge is -2.19. The number of hydrogen-bond acceptors (Lipinski definition) is 4. The molecule has 25 heavy (non-hydrogen) atoms. The molecule has 148 valence electrons. The summed E-state index contributed by atoms with van der Waals surface area (Å²) >= 11 is 0. The molecule has 6 heteroatoms. The summed E-state index contributed by atoms with van der Waals surface area (Å²) in [6, 6.07) is 0. The lowest BCUT2D eigenvalue weighted by molar-refractivity contribution is -0.121. The molecule has 0 aliphatic rings. The van der Waals surface area contributed by atoms with E-state index in [0.717, 1.165) is 45.2 Å². The normalized spacial score (nSPS) is 11.2. The van der Waals surface area contributed by atoms with E-state index in [-0.39, 0.29) is 12.0 Å². The molecule has 0 spiro atoms. The number of nitrogens with one attached hydrogen (secondary N) is 2. The van der Waals surface area contributed by atoms with Gasteiger partial charge in [0, 0.05) is 19.5 Å². The van der Waals surface area contributed by atoms with Gasteiger partial charge in [-0.05, 0) is 53.0 Å². The molecule has 2 amide bonds. The van der Waals surface area contributed by atoms with E-state index < -0.39 is 5.60 Å². The molecule has 0 aromatic heterocycles. The number of ether oxygens (including phenoxy) is 1. The molecule has 0 radical (unpaired) electrons. The molecule has 0 aromatic rings. The molecular weight excluding hydrogens is 318 g/mol. The summed E-state index contributed by atoms with van der Waals surface area (Å²) in [6.07, 6.45) is 9.81. The number of unbranched alkanes of at least 4 members (excludes halogenated alkanes) is 7. The number of carbonyl (C=O) groups excluding carboxylic acids is 2. The Kier molecular flexibility index (Phi) is 14.2. The molecule has 0 saturated carbocycles. The van der Waals surface area contributed by atoms with Crippen LogP contribution in [0.4, 0.5) is 4.79 Å². The lowest BCUT2D eigenvalue weighted by atomic mass is 10.1. The Morgan fingerprint density at radius 3 is 1.92 bits per heavy atom. The van der Waals surface area contributed by atoms with Crippen molar-refractivity contribution >= 4 is 12.0 Å². The van der Waals surface area contributed by atoms with Crippen molar-refractivity contribution in [1.82, 2.24) is 10.6 Å². The topological polar surface area (TPSA) is 93.4 Å². The molecule has 0 atom stereocenters. The fraction of sp³-hybridized carbons (Fsp3) is 0.895. The Morgan fingerprint density at radius 2 is 1.32 bits per heavy atom. The van der Waals surface area contributed by atoms with Crippen molar-refractivity contribution in [2.75, 3.05) is 19.6 Å². The maximum Gasteiger partial charge on any atom is 0.407 e. The van der Waals surface area contributed by atoms with Gasteiger partial charge >= 0.3 is 6.09 Å². The maximum atomic E-state index is 11.7. The zero-order valence-electron chi connectivity index (χ0n) is 16.5. The van der Waals surface area contributed by atoms with Gasteiger partial charge in [-0.3, -0.25) is 4.79 Å². The van der Waals surface area contributed by atoms with Gasteiger partial charge in [0.05, 0.1) is 0 Å². The first-order valence-corrected chi connectivity index (χ1v) is 9.79. The van der Waals surface area contributed by atoms with Crippen molar-refractivity contribution in [2.24, 2.45) is 5.73 Å². The lowest BCUT2D eigenvalue weighted by Crippen LogP contribution is -2.33. The fourth-order valence-corrected chi connectivity index (χ4v) is 2.38.